The van der Waals surface area contributed by atoms with E-state index in [1.54, 1.807) is 52.2 Å². The Balaban J connectivity index is 1.82. The van der Waals surface area contributed by atoms with Crippen molar-refractivity contribution in [3.63, 3.8) is 0 Å². The van der Waals surface area contributed by atoms with E-state index in [9.17, 15) is 18.0 Å². The van der Waals surface area contributed by atoms with Crippen LogP contribution < -0.4 is 20.8 Å². The normalized spacial score (nSPS) is 14.9. The first-order chi connectivity index (χ1) is 13.5. The van der Waals surface area contributed by atoms with Gasteiger partial charge < -0.3 is 10.6 Å². The predicted octanol–water partition coefficient (Wildman–Crippen LogP) is 2.32. The Morgan fingerprint density at radius 1 is 1.07 bits per heavy atom. The molecule has 0 radical (unpaired) electrons. The molecule has 0 fully saturated rings. The molecule has 4 N–H and O–H groups in total. The SMILES string of the molecule is CN(C)NC(=O)Nc1cccc(NS(=O)(=O)c2ccc3c(c2)C(C)(C)C(=O)N3)c1. The third kappa shape index (κ3) is 4.33. The molecule has 0 aliphatic carbocycles. The summed E-state index contributed by atoms with van der Waals surface area (Å²) < 4.78 is 28.2. The van der Waals surface area contributed by atoms with Gasteiger partial charge in [-0.05, 0) is 55.8 Å². The lowest BCUT2D eigenvalue weighted by Crippen LogP contribution is -2.39. The van der Waals surface area contributed by atoms with Crippen molar-refractivity contribution in [2.45, 2.75) is 24.2 Å². The van der Waals surface area contributed by atoms with Gasteiger partial charge in [0.05, 0.1) is 16.0 Å². The summed E-state index contributed by atoms with van der Waals surface area (Å²) in [6.07, 6.45) is 0. The molecule has 0 atom stereocenters. The fourth-order valence-electron chi connectivity index (χ4n) is 2.95. The summed E-state index contributed by atoms with van der Waals surface area (Å²) in [7, 11) is -0.549. The van der Waals surface area contributed by atoms with E-state index in [-0.39, 0.29) is 10.8 Å². The Morgan fingerprint density at radius 2 is 1.76 bits per heavy atom. The van der Waals surface area contributed by atoms with Crippen LogP contribution in [0.3, 0.4) is 0 Å². The van der Waals surface area contributed by atoms with Gasteiger partial charge in [-0.3, -0.25) is 14.9 Å². The fraction of sp³-hybridized carbons (Fsp3) is 0.263. The van der Waals surface area contributed by atoms with E-state index >= 15 is 0 Å². The summed E-state index contributed by atoms with van der Waals surface area (Å²) in [5, 5.41) is 6.85. The van der Waals surface area contributed by atoms with Crippen LogP contribution in [-0.2, 0) is 20.2 Å². The average Bonchev–Trinajstić information content (AvgIpc) is 2.83. The van der Waals surface area contributed by atoms with Crippen LogP contribution in [-0.4, -0.2) is 39.5 Å². The molecule has 0 aromatic heterocycles. The van der Waals surface area contributed by atoms with Crippen molar-refractivity contribution in [1.82, 2.24) is 10.4 Å². The zero-order valence-electron chi connectivity index (χ0n) is 16.5. The Hall–Kier alpha value is -3.11. The molecule has 2 aromatic carbocycles. The highest BCUT2D eigenvalue weighted by molar-refractivity contribution is 7.92. The van der Waals surface area contributed by atoms with E-state index in [4.69, 9.17) is 0 Å². The van der Waals surface area contributed by atoms with Crippen molar-refractivity contribution >= 4 is 39.0 Å². The third-order valence-corrected chi connectivity index (χ3v) is 5.87. The topological polar surface area (TPSA) is 120 Å². The number of nitrogens with zero attached hydrogens (tertiary/aromatic N) is 1. The lowest BCUT2D eigenvalue weighted by atomic mass is 9.86. The van der Waals surface area contributed by atoms with Crippen LogP contribution in [0.15, 0.2) is 47.4 Å². The predicted molar refractivity (Wildman–Crippen MR) is 111 cm³/mol. The minimum Gasteiger partial charge on any atom is -0.325 e. The molecule has 0 bridgehead atoms. The number of nitrogens with one attached hydrogen (secondary N) is 4. The first kappa shape index (κ1) is 20.6. The van der Waals surface area contributed by atoms with E-state index in [1.165, 1.54) is 23.2 Å². The minimum absolute atomic E-state index is 0.0459. The van der Waals surface area contributed by atoms with Crippen LogP contribution in [0, 0.1) is 0 Å². The lowest BCUT2D eigenvalue weighted by Gasteiger charge is -2.16. The van der Waals surface area contributed by atoms with Gasteiger partial charge in [-0.1, -0.05) is 6.07 Å². The summed E-state index contributed by atoms with van der Waals surface area (Å²) in [6, 6.07) is 10.4. The second-order valence-corrected chi connectivity index (χ2v) is 9.12. The van der Waals surface area contributed by atoms with Crippen molar-refractivity contribution in [2.75, 3.05) is 29.5 Å². The summed E-state index contributed by atoms with van der Waals surface area (Å²) >= 11 is 0. The Bertz CT molecular complexity index is 1080. The van der Waals surface area contributed by atoms with E-state index in [1.807, 2.05) is 0 Å². The monoisotopic (exact) mass is 417 g/mol. The molecule has 2 aromatic rings. The van der Waals surface area contributed by atoms with Gasteiger partial charge in [0.25, 0.3) is 10.0 Å². The van der Waals surface area contributed by atoms with Crippen LogP contribution in [0.5, 0.6) is 0 Å². The minimum atomic E-state index is -3.89. The van der Waals surface area contributed by atoms with Gasteiger partial charge in [0, 0.05) is 25.5 Å². The molecular formula is C19H23N5O4S. The van der Waals surface area contributed by atoms with Gasteiger partial charge in [-0.25, -0.2) is 18.2 Å². The molecular weight excluding hydrogens is 394 g/mol. The van der Waals surface area contributed by atoms with Crippen molar-refractivity contribution in [2.24, 2.45) is 0 Å². The van der Waals surface area contributed by atoms with Crippen LogP contribution in [0.1, 0.15) is 19.4 Å². The third-order valence-electron chi connectivity index (χ3n) is 4.49. The molecule has 0 spiro atoms. The van der Waals surface area contributed by atoms with Gasteiger partial charge in [0.15, 0.2) is 0 Å². The lowest BCUT2D eigenvalue weighted by molar-refractivity contribution is -0.119. The molecule has 29 heavy (non-hydrogen) atoms. The number of carbonyl (C=O) groups is 2. The van der Waals surface area contributed by atoms with Crippen LogP contribution in [0.2, 0.25) is 0 Å². The highest BCUT2D eigenvalue weighted by Gasteiger charge is 2.39. The number of fused-ring (bicyclic) bond motifs is 1. The van der Waals surface area contributed by atoms with Gasteiger partial charge in [0.2, 0.25) is 5.91 Å². The summed E-state index contributed by atoms with van der Waals surface area (Å²) in [6.45, 7) is 3.48. The molecule has 1 aliphatic heterocycles. The smallest absolute Gasteiger partial charge is 0.325 e. The van der Waals surface area contributed by atoms with Gasteiger partial charge in [0.1, 0.15) is 0 Å². The largest absolute Gasteiger partial charge is 0.333 e. The summed E-state index contributed by atoms with van der Waals surface area (Å²) in [4.78, 5) is 23.9. The molecule has 0 unspecified atom stereocenters. The molecule has 1 aliphatic rings. The number of anilines is 3. The highest BCUT2D eigenvalue weighted by Crippen LogP contribution is 2.38. The van der Waals surface area contributed by atoms with Crippen molar-refractivity contribution in [3.8, 4) is 0 Å². The average molecular weight is 417 g/mol. The number of benzene rings is 2. The number of hydrogen-bond donors (Lipinski definition) is 4. The van der Waals surface area contributed by atoms with Crippen molar-refractivity contribution < 1.29 is 18.0 Å². The maximum Gasteiger partial charge on any atom is 0.333 e. The van der Waals surface area contributed by atoms with Gasteiger partial charge in [-0.2, -0.15) is 0 Å². The van der Waals surface area contributed by atoms with E-state index < -0.39 is 21.5 Å². The van der Waals surface area contributed by atoms with E-state index in [2.05, 4.69) is 20.8 Å². The second-order valence-electron chi connectivity index (χ2n) is 7.43. The second kappa shape index (κ2) is 7.37. The maximum absolute atomic E-state index is 12.9. The van der Waals surface area contributed by atoms with Crippen molar-refractivity contribution in [3.05, 3.63) is 48.0 Å². The standard InChI is InChI=1S/C19H23N5O4S/c1-19(2)15-11-14(8-9-16(15)21-17(19)25)29(27,28)23-13-7-5-6-12(10-13)20-18(26)22-24(3)4/h5-11,23H,1-4H3,(H,21,25)(H2,20,22,26). The van der Waals surface area contributed by atoms with Gasteiger partial charge >= 0.3 is 6.03 Å². The molecule has 3 rings (SSSR count). The molecule has 9 nitrogen and oxygen atoms in total. The number of hydrogen-bond acceptors (Lipinski definition) is 5. The first-order valence-electron chi connectivity index (χ1n) is 8.83. The van der Waals surface area contributed by atoms with Crippen LogP contribution in [0.25, 0.3) is 0 Å². The summed E-state index contributed by atoms with van der Waals surface area (Å²) in [5.41, 5.74) is 3.67. The Labute approximate surface area is 169 Å². The zero-order valence-corrected chi connectivity index (χ0v) is 17.3. The van der Waals surface area contributed by atoms with E-state index in [0.717, 1.165) is 0 Å². The molecule has 0 saturated carbocycles. The molecule has 154 valence electrons. The molecule has 1 heterocycles. The van der Waals surface area contributed by atoms with E-state index in [0.29, 0.717) is 22.6 Å². The number of amides is 3. The van der Waals surface area contributed by atoms with Gasteiger partial charge in [-0.15, -0.1) is 0 Å². The highest BCUT2D eigenvalue weighted by atomic mass is 32.2. The number of sulfonamides is 1. The Morgan fingerprint density at radius 3 is 2.45 bits per heavy atom. The maximum atomic E-state index is 12.9. The number of rotatable bonds is 5. The molecule has 3 amide bonds. The van der Waals surface area contributed by atoms with Crippen LogP contribution in [0.4, 0.5) is 21.9 Å². The van der Waals surface area contributed by atoms with Crippen molar-refractivity contribution in [1.29, 1.82) is 0 Å². The van der Waals surface area contributed by atoms with Crippen LogP contribution >= 0.6 is 0 Å². The Kier molecular flexibility index (Phi) is 5.24. The number of hydrazine groups is 1. The quantitative estimate of drug-likeness (QED) is 0.557. The fourth-order valence-corrected chi connectivity index (χ4v) is 4.03. The summed E-state index contributed by atoms with van der Waals surface area (Å²) in [5.74, 6) is -0.176. The zero-order chi connectivity index (χ0) is 21.4. The first-order valence-corrected chi connectivity index (χ1v) is 10.3. The number of carbonyl (C=O) groups excluding carboxylic acids is 2. The number of urea groups is 1. The molecule has 0 saturated heterocycles. The molecule has 10 heteroatoms.